The van der Waals surface area contributed by atoms with E-state index in [2.05, 4.69) is 31.7 Å². The first-order valence-corrected chi connectivity index (χ1v) is 5.38. The van der Waals surface area contributed by atoms with Crippen LogP contribution >= 0.6 is 12.6 Å². The Bertz CT molecular complexity index is 237. The average molecular weight is 180 g/mol. The van der Waals surface area contributed by atoms with Gasteiger partial charge in [0.2, 0.25) is 0 Å². The van der Waals surface area contributed by atoms with E-state index in [9.17, 15) is 0 Å². The summed E-state index contributed by atoms with van der Waals surface area (Å²) in [6.45, 7) is 2.34. The molecule has 0 saturated heterocycles. The molecule has 0 spiro atoms. The summed E-state index contributed by atoms with van der Waals surface area (Å²) in [6.07, 6.45) is 9.76. The van der Waals surface area contributed by atoms with Gasteiger partial charge in [-0.2, -0.15) is 12.6 Å². The monoisotopic (exact) mass is 180 g/mol. The fraction of sp³-hybridized carbons (Fsp3) is 0.636. The average Bonchev–Trinajstić information content (AvgIpc) is 2.07. The van der Waals surface area contributed by atoms with Gasteiger partial charge in [-0.3, -0.25) is 0 Å². The lowest BCUT2D eigenvalue weighted by Gasteiger charge is -2.29. The first-order valence-electron chi connectivity index (χ1n) is 4.86. The number of hydrogen-bond acceptors (Lipinski definition) is 1. The predicted molar refractivity (Wildman–Crippen MR) is 56.6 cm³/mol. The Morgan fingerprint density at radius 3 is 3.08 bits per heavy atom. The Morgan fingerprint density at radius 1 is 1.50 bits per heavy atom. The zero-order valence-corrected chi connectivity index (χ0v) is 8.48. The fourth-order valence-electron chi connectivity index (χ4n) is 2.29. The van der Waals surface area contributed by atoms with Crippen LogP contribution in [0.5, 0.6) is 0 Å². The van der Waals surface area contributed by atoms with E-state index in [1.54, 1.807) is 5.57 Å². The van der Waals surface area contributed by atoms with Crippen molar-refractivity contribution in [3.63, 3.8) is 0 Å². The molecule has 0 amide bonds. The molecule has 0 aromatic carbocycles. The van der Waals surface area contributed by atoms with Crippen LogP contribution in [-0.2, 0) is 0 Å². The lowest BCUT2D eigenvalue weighted by atomic mass is 9.80. The molecule has 0 nitrogen and oxygen atoms in total. The number of rotatable bonds is 0. The van der Waals surface area contributed by atoms with Gasteiger partial charge in [0.25, 0.3) is 0 Å². The molecular weight excluding hydrogens is 164 g/mol. The number of hydrogen-bond donors (Lipinski definition) is 1. The topological polar surface area (TPSA) is 0 Å². The Balaban J connectivity index is 2.33. The van der Waals surface area contributed by atoms with Gasteiger partial charge >= 0.3 is 0 Å². The van der Waals surface area contributed by atoms with Crippen LogP contribution in [0, 0.1) is 5.92 Å². The molecule has 0 N–H and O–H groups in total. The van der Waals surface area contributed by atoms with Gasteiger partial charge in [0.1, 0.15) is 0 Å². The van der Waals surface area contributed by atoms with Crippen molar-refractivity contribution in [1.29, 1.82) is 0 Å². The van der Waals surface area contributed by atoms with Crippen molar-refractivity contribution in [3.05, 3.63) is 23.3 Å². The van der Waals surface area contributed by atoms with E-state index in [1.165, 1.54) is 31.3 Å². The molecule has 0 aliphatic heterocycles. The van der Waals surface area contributed by atoms with Crippen LogP contribution in [0.2, 0.25) is 0 Å². The van der Waals surface area contributed by atoms with Crippen molar-refractivity contribution in [1.82, 2.24) is 0 Å². The van der Waals surface area contributed by atoms with Crippen LogP contribution in [0.4, 0.5) is 0 Å². The van der Waals surface area contributed by atoms with Gasteiger partial charge in [-0.15, -0.1) is 0 Å². The zero-order chi connectivity index (χ0) is 8.55. The summed E-state index contributed by atoms with van der Waals surface area (Å²) >= 11 is 4.62. The van der Waals surface area contributed by atoms with Crippen molar-refractivity contribution in [2.45, 2.75) is 37.9 Å². The van der Waals surface area contributed by atoms with Gasteiger partial charge in [0.05, 0.1) is 0 Å². The number of allylic oxidation sites excluding steroid dienone is 3. The molecule has 66 valence electrons. The summed E-state index contributed by atoms with van der Waals surface area (Å²) in [5, 5.41) is 0.521. The quantitative estimate of drug-likeness (QED) is 0.543. The molecule has 2 aliphatic rings. The summed E-state index contributed by atoms with van der Waals surface area (Å²) in [6, 6.07) is 0. The van der Waals surface area contributed by atoms with Gasteiger partial charge in [-0.1, -0.05) is 24.6 Å². The van der Waals surface area contributed by atoms with Crippen LogP contribution in [0.15, 0.2) is 23.3 Å². The van der Waals surface area contributed by atoms with Crippen LogP contribution in [-0.4, -0.2) is 5.25 Å². The van der Waals surface area contributed by atoms with E-state index in [0.717, 1.165) is 5.92 Å². The zero-order valence-electron chi connectivity index (χ0n) is 7.59. The molecule has 0 radical (unpaired) electrons. The molecule has 0 aromatic rings. The highest BCUT2D eigenvalue weighted by molar-refractivity contribution is 7.81. The molecular formula is C11H16S. The van der Waals surface area contributed by atoms with E-state index in [1.807, 2.05) is 0 Å². The highest BCUT2D eigenvalue weighted by Gasteiger charge is 2.23. The molecule has 1 heteroatoms. The summed E-state index contributed by atoms with van der Waals surface area (Å²) in [4.78, 5) is 0. The van der Waals surface area contributed by atoms with Crippen LogP contribution in [0.1, 0.15) is 32.6 Å². The lowest BCUT2D eigenvalue weighted by Crippen LogP contribution is -2.17. The first-order chi connectivity index (χ1) is 5.79. The van der Waals surface area contributed by atoms with Gasteiger partial charge in [-0.25, -0.2) is 0 Å². The first kappa shape index (κ1) is 8.43. The summed E-state index contributed by atoms with van der Waals surface area (Å²) in [5.41, 5.74) is 3.21. The molecule has 12 heavy (non-hydrogen) atoms. The standard InChI is InChI=1S/C11H16S/c1-8-4-2-6-10-9(8)5-3-7-11(10)12/h2,6,8,11-12H,3-5,7H2,1H3. The molecule has 2 atom stereocenters. The second-order valence-electron chi connectivity index (χ2n) is 3.93. The minimum atomic E-state index is 0.521. The van der Waals surface area contributed by atoms with Crippen molar-refractivity contribution >= 4 is 12.6 Å². The normalized spacial score (nSPS) is 35.2. The van der Waals surface area contributed by atoms with Crippen molar-refractivity contribution in [2.75, 3.05) is 0 Å². The van der Waals surface area contributed by atoms with Crippen molar-refractivity contribution in [3.8, 4) is 0 Å². The van der Waals surface area contributed by atoms with E-state index in [-0.39, 0.29) is 0 Å². The molecule has 2 rings (SSSR count). The molecule has 0 aromatic heterocycles. The fourth-order valence-corrected chi connectivity index (χ4v) is 2.72. The lowest BCUT2D eigenvalue weighted by molar-refractivity contribution is 0.575. The van der Waals surface area contributed by atoms with Gasteiger partial charge < -0.3 is 0 Å². The molecule has 0 heterocycles. The predicted octanol–water partition coefficient (Wildman–Crippen LogP) is 3.36. The highest BCUT2D eigenvalue weighted by atomic mass is 32.1. The van der Waals surface area contributed by atoms with Crippen LogP contribution in [0.25, 0.3) is 0 Å². The van der Waals surface area contributed by atoms with E-state index in [0.29, 0.717) is 5.25 Å². The molecule has 2 aliphatic carbocycles. The maximum atomic E-state index is 4.62. The Labute approximate surface area is 80.2 Å². The van der Waals surface area contributed by atoms with E-state index >= 15 is 0 Å². The highest BCUT2D eigenvalue weighted by Crippen LogP contribution is 2.37. The summed E-state index contributed by atoms with van der Waals surface area (Å²) < 4.78 is 0. The maximum Gasteiger partial charge on any atom is 0.0266 e. The van der Waals surface area contributed by atoms with Gasteiger partial charge in [0.15, 0.2) is 0 Å². The third-order valence-corrected chi connectivity index (χ3v) is 3.57. The van der Waals surface area contributed by atoms with Gasteiger partial charge in [-0.05, 0) is 37.2 Å². The summed E-state index contributed by atoms with van der Waals surface area (Å²) in [7, 11) is 0. The maximum absolute atomic E-state index is 4.62. The minimum Gasteiger partial charge on any atom is -0.171 e. The van der Waals surface area contributed by atoms with E-state index < -0.39 is 0 Å². The molecule has 0 saturated carbocycles. The second kappa shape index (κ2) is 3.29. The van der Waals surface area contributed by atoms with Crippen molar-refractivity contribution in [2.24, 2.45) is 5.92 Å². The summed E-state index contributed by atoms with van der Waals surface area (Å²) in [5.74, 6) is 0.778. The van der Waals surface area contributed by atoms with E-state index in [4.69, 9.17) is 0 Å². The molecule has 2 unspecified atom stereocenters. The van der Waals surface area contributed by atoms with Gasteiger partial charge in [0, 0.05) is 5.25 Å². The third-order valence-electron chi connectivity index (χ3n) is 3.04. The van der Waals surface area contributed by atoms with Crippen LogP contribution < -0.4 is 0 Å². The number of thiol groups is 1. The second-order valence-corrected chi connectivity index (χ2v) is 4.55. The Morgan fingerprint density at radius 2 is 2.33 bits per heavy atom. The largest absolute Gasteiger partial charge is 0.171 e. The third kappa shape index (κ3) is 1.35. The van der Waals surface area contributed by atoms with Crippen molar-refractivity contribution < 1.29 is 0 Å². The molecule has 0 bridgehead atoms. The molecule has 0 fully saturated rings. The Hall–Kier alpha value is -0.170. The minimum absolute atomic E-state index is 0.521. The Kier molecular flexibility index (Phi) is 2.31. The van der Waals surface area contributed by atoms with Crippen LogP contribution in [0.3, 0.4) is 0 Å². The smallest absolute Gasteiger partial charge is 0.0266 e. The SMILES string of the molecule is CC1CC=CC2=C1CCCC2S.